The van der Waals surface area contributed by atoms with Crippen LogP contribution in [0.1, 0.15) is 63.9 Å². The van der Waals surface area contributed by atoms with Crippen LogP contribution in [0.2, 0.25) is 0 Å². The first-order valence-corrected chi connectivity index (χ1v) is 10.7. The number of hydrogen-bond acceptors (Lipinski definition) is 7. The standard InChI is InChI=1S/C21H27N5O3/c1-2-26-20-17(12-23-26)19(24-14-8-15(9-14)28-13-27)16(11-22-20)18-10-21(29-25-18)6-4-3-5-7-21/h11-15H,2-10H2,1H3,(H,22,24). The summed E-state index contributed by atoms with van der Waals surface area (Å²) >= 11 is 0. The van der Waals surface area contributed by atoms with Gasteiger partial charge in [-0.3, -0.25) is 4.79 Å². The second-order valence-corrected chi connectivity index (χ2v) is 8.46. The monoisotopic (exact) mass is 397 g/mol. The first-order chi connectivity index (χ1) is 14.2. The highest BCUT2D eigenvalue weighted by Gasteiger charge is 2.41. The fraction of sp³-hybridized carbons (Fsp3) is 0.619. The van der Waals surface area contributed by atoms with Crippen molar-refractivity contribution in [3.05, 3.63) is 18.0 Å². The number of aryl methyl sites for hydroxylation is 1. The van der Waals surface area contributed by atoms with Crippen LogP contribution >= 0.6 is 0 Å². The smallest absolute Gasteiger partial charge is 0.293 e. The maximum absolute atomic E-state index is 10.6. The highest BCUT2D eigenvalue weighted by atomic mass is 16.7. The predicted molar refractivity (Wildman–Crippen MR) is 109 cm³/mol. The Morgan fingerprint density at radius 3 is 2.90 bits per heavy atom. The van der Waals surface area contributed by atoms with E-state index in [1.165, 1.54) is 19.3 Å². The molecule has 2 aliphatic carbocycles. The fourth-order valence-corrected chi connectivity index (χ4v) is 4.84. The first-order valence-electron chi connectivity index (χ1n) is 10.7. The van der Waals surface area contributed by atoms with Crippen molar-refractivity contribution in [1.82, 2.24) is 14.8 Å². The average Bonchev–Trinajstić information content (AvgIpc) is 3.31. The largest absolute Gasteiger partial charge is 0.464 e. The molecule has 0 radical (unpaired) electrons. The molecule has 29 heavy (non-hydrogen) atoms. The summed E-state index contributed by atoms with van der Waals surface area (Å²) in [6.45, 7) is 3.36. The SMILES string of the molecule is CCn1ncc2c(NC3CC(OC=O)C3)c(C3=NOC4(CCCCC4)C3)cnc21. The molecule has 2 saturated carbocycles. The zero-order valence-corrected chi connectivity index (χ0v) is 16.8. The van der Waals surface area contributed by atoms with Crippen molar-refractivity contribution in [3.63, 3.8) is 0 Å². The number of hydrogen-bond donors (Lipinski definition) is 1. The number of carbonyl (C=O) groups is 1. The minimum absolute atomic E-state index is 0.00167. The lowest BCUT2D eigenvalue weighted by molar-refractivity contribution is -0.137. The second kappa shape index (κ2) is 7.31. The number of carbonyl (C=O) groups excluding carboxylic acids is 1. The lowest BCUT2D eigenvalue weighted by Gasteiger charge is -2.35. The quantitative estimate of drug-likeness (QED) is 0.752. The number of fused-ring (bicyclic) bond motifs is 1. The molecule has 2 aromatic heterocycles. The lowest BCUT2D eigenvalue weighted by atomic mass is 9.80. The Morgan fingerprint density at radius 2 is 2.14 bits per heavy atom. The summed E-state index contributed by atoms with van der Waals surface area (Å²) in [7, 11) is 0. The van der Waals surface area contributed by atoms with Gasteiger partial charge in [0.2, 0.25) is 0 Å². The van der Waals surface area contributed by atoms with Crippen LogP contribution < -0.4 is 5.32 Å². The summed E-state index contributed by atoms with van der Waals surface area (Å²) in [4.78, 5) is 21.3. The summed E-state index contributed by atoms with van der Waals surface area (Å²) in [6.07, 6.45) is 12.0. The van der Waals surface area contributed by atoms with Crippen LogP contribution in [-0.2, 0) is 20.9 Å². The van der Waals surface area contributed by atoms with Crippen molar-refractivity contribution in [2.24, 2.45) is 5.16 Å². The summed E-state index contributed by atoms with van der Waals surface area (Å²) in [5, 5.41) is 13.7. The molecule has 0 bridgehead atoms. The van der Waals surface area contributed by atoms with E-state index < -0.39 is 0 Å². The van der Waals surface area contributed by atoms with Gasteiger partial charge in [0, 0.05) is 43.6 Å². The van der Waals surface area contributed by atoms with Crippen LogP contribution in [-0.4, -0.2) is 44.7 Å². The van der Waals surface area contributed by atoms with Gasteiger partial charge in [-0.2, -0.15) is 5.10 Å². The van der Waals surface area contributed by atoms with Gasteiger partial charge in [0.05, 0.1) is 23.0 Å². The first kappa shape index (κ1) is 18.4. The summed E-state index contributed by atoms with van der Waals surface area (Å²) in [5.41, 5.74) is 3.71. The van der Waals surface area contributed by atoms with Gasteiger partial charge >= 0.3 is 0 Å². The zero-order chi connectivity index (χ0) is 19.8. The van der Waals surface area contributed by atoms with Gasteiger partial charge in [-0.05, 0) is 32.6 Å². The molecule has 8 nitrogen and oxygen atoms in total. The molecule has 1 spiro atoms. The van der Waals surface area contributed by atoms with E-state index in [1.807, 2.05) is 17.1 Å². The van der Waals surface area contributed by atoms with E-state index in [9.17, 15) is 4.79 Å². The Balaban J connectivity index is 1.46. The third-order valence-corrected chi connectivity index (χ3v) is 6.57. The molecule has 8 heteroatoms. The van der Waals surface area contributed by atoms with Crippen LogP contribution in [0.5, 0.6) is 0 Å². The van der Waals surface area contributed by atoms with Crippen molar-refractivity contribution in [3.8, 4) is 0 Å². The lowest BCUT2D eigenvalue weighted by Crippen LogP contribution is -2.41. The van der Waals surface area contributed by atoms with Gasteiger partial charge in [0.15, 0.2) is 5.65 Å². The number of rotatable bonds is 6. The number of ether oxygens (including phenoxy) is 1. The van der Waals surface area contributed by atoms with Gasteiger partial charge in [-0.1, -0.05) is 11.6 Å². The molecule has 2 aromatic rings. The van der Waals surface area contributed by atoms with E-state index in [0.29, 0.717) is 6.47 Å². The third-order valence-electron chi connectivity index (χ3n) is 6.57. The Kier molecular flexibility index (Phi) is 4.64. The van der Waals surface area contributed by atoms with Crippen LogP contribution in [0, 0.1) is 0 Å². The molecular formula is C21H27N5O3. The number of oxime groups is 1. The highest BCUT2D eigenvalue weighted by Crippen LogP contribution is 2.41. The molecule has 0 unspecified atom stereocenters. The van der Waals surface area contributed by atoms with Crippen molar-refractivity contribution in [1.29, 1.82) is 0 Å². The Morgan fingerprint density at radius 1 is 1.31 bits per heavy atom. The molecular weight excluding hydrogens is 370 g/mol. The fourth-order valence-electron chi connectivity index (χ4n) is 4.84. The van der Waals surface area contributed by atoms with Gasteiger partial charge in [-0.15, -0.1) is 0 Å². The summed E-state index contributed by atoms with van der Waals surface area (Å²) in [5.74, 6) is 0. The van der Waals surface area contributed by atoms with Gasteiger partial charge in [0.25, 0.3) is 6.47 Å². The van der Waals surface area contributed by atoms with E-state index in [1.54, 1.807) is 0 Å². The van der Waals surface area contributed by atoms with Gasteiger partial charge in [0.1, 0.15) is 11.7 Å². The number of aromatic nitrogens is 3. The number of nitrogens with one attached hydrogen (secondary N) is 1. The molecule has 0 aromatic carbocycles. The van der Waals surface area contributed by atoms with E-state index in [-0.39, 0.29) is 17.7 Å². The predicted octanol–water partition coefficient (Wildman–Crippen LogP) is 3.39. The molecule has 1 N–H and O–H groups in total. The number of pyridine rings is 1. The van der Waals surface area contributed by atoms with Crippen LogP contribution in [0.4, 0.5) is 5.69 Å². The van der Waals surface area contributed by atoms with Crippen molar-refractivity contribution in [2.45, 2.75) is 82.6 Å². The zero-order valence-electron chi connectivity index (χ0n) is 16.8. The Bertz CT molecular complexity index is 941. The summed E-state index contributed by atoms with van der Waals surface area (Å²) in [6, 6.07) is 0.251. The topological polar surface area (TPSA) is 90.6 Å². The minimum Gasteiger partial charge on any atom is -0.464 e. The molecule has 1 aliphatic heterocycles. The molecule has 3 heterocycles. The Hall–Kier alpha value is -2.64. The Labute approximate surface area is 169 Å². The normalized spacial score (nSPS) is 25.3. The van der Waals surface area contributed by atoms with Crippen LogP contribution in [0.25, 0.3) is 11.0 Å². The molecule has 0 atom stereocenters. The van der Waals surface area contributed by atoms with Crippen LogP contribution in [0.15, 0.2) is 17.5 Å². The second-order valence-electron chi connectivity index (χ2n) is 8.46. The van der Waals surface area contributed by atoms with Gasteiger partial charge < -0.3 is 14.9 Å². The summed E-state index contributed by atoms with van der Waals surface area (Å²) < 4.78 is 6.97. The molecule has 0 amide bonds. The minimum atomic E-state index is -0.132. The van der Waals surface area contributed by atoms with E-state index >= 15 is 0 Å². The van der Waals surface area contributed by atoms with Crippen molar-refractivity contribution < 1.29 is 14.4 Å². The van der Waals surface area contributed by atoms with Crippen molar-refractivity contribution in [2.75, 3.05) is 5.32 Å². The maximum atomic E-state index is 10.6. The third kappa shape index (κ3) is 3.24. The highest BCUT2D eigenvalue weighted by molar-refractivity contribution is 6.10. The number of anilines is 1. The van der Waals surface area contributed by atoms with Crippen LogP contribution in [0.3, 0.4) is 0 Å². The van der Waals surface area contributed by atoms with E-state index in [0.717, 1.165) is 66.6 Å². The number of nitrogens with zero attached hydrogens (tertiary/aromatic N) is 4. The van der Waals surface area contributed by atoms with Gasteiger partial charge in [-0.25, -0.2) is 9.67 Å². The van der Waals surface area contributed by atoms with E-state index in [2.05, 4.69) is 22.5 Å². The molecule has 154 valence electrons. The molecule has 5 rings (SSSR count). The molecule has 0 saturated heterocycles. The molecule has 2 fully saturated rings. The van der Waals surface area contributed by atoms with E-state index in [4.69, 9.17) is 14.6 Å². The average molecular weight is 397 g/mol. The maximum Gasteiger partial charge on any atom is 0.293 e. The molecule has 3 aliphatic rings. The van der Waals surface area contributed by atoms with Crippen molar-refractivity contribution >= 4 is 28.9 Å².